The Morgan fingerprint density at radius 2 is 1.39 bits per heavy atom. The molecule has 4 nitrogen and oxygen atoms in total. The van der Waals surface area contributed by atoms with Crippen molar-refractivity contribution in [3.05, 3.63) is 65.7 Å². The molecule has 0 radical (unpaired) electrons. The molecule has 3 rings (SSSR count). The minimum absolute atomic E-state index is 0.0516. The summed E-state index contributed by atoms with van der Waals surface area (Å²) in [5, 5.41) is 5.50. The number of hydrogen-bond donors (Lipinski definition) is 2. The molecule has 0 bridgehead atoms. The van der Waals surface area contributed by atoms with Gasteiger partial charge in [-0.15, -0.1) is 0 Å². The van der Waals surface area contributed by atoms with Crippen LogP contribution in [0.3, 0.4) is 0 Å². The van der Waals surface area contributed by atoms with Gasteiger partial charge in [0.2, 0.25) is 11.8 Å². The molecule has 1 saturated carbocycles. The zero-order valence-electron chi connectivity index (χ0n) is 15.6. The van der Waals surface area contributed by atoms with Gasteiger partial charge in [0.15, 0.2) is 0 Å². The molecule has 0 aliphatic heterocycles. The van der Waals surface area contributed by atoms with Crippen LogP contribution in [-0.4, -0.2) is 18.4 Å². The lowest BCUT2D eigenvalue weighted by Crippen LogP contribution is -2.36. The van der Waals surface area contributed by atoms with Crippen molar-refractivity contribution < 1.29 is 18.4 Å². The Kier molecular flexibility index (Phi) is 6.74. The fraction of sp³-hybridized carbons (Fsp3) is 0.364. The first-order chi connectivity index (χ1) is 13.5. The Morgan fingerprint density at radius 1 is 0.821 bits per heavy atom. The van der Waals surface area contributed by atoms with Gasteiger partial charge in [0.25, 0.3) is 0 Å². The Hall–Kier alpha value is -2.76. The first-order valence-electron chi connectivity index (χ1n) is 9.61. The predicted molar refractivity (Wildman–Crippen MR) is 104 cm³/mol. The highest BCUT2D eigenvalue weighted by molar-refractivity contribution is 5.92. The number of hydrogen-bond acceptors (Lipinski definition) is 2. The van der Waals surface area contributed by atoms with Gasteiger partial charge in [-0.25, -0.2) is 8.78 Å². The maximum absolute atomic E-state index is 13.7. The second kappa shape index (κ2) is 9.44. The average Bonchev–Trinajstić information content (AvgIpc) is 2.71. The number of carbonyl (C=O) groups excluding carboxylic acids is 2. The van der Waals surface area contributed by atoms with Crippen molar-refractivity contribution in [2.45, 2.75) is 32.1 Å². The molecule has 0 unspecified atom stereocenters. The van der Waals surface area contributed by atoms with E-state index in [1.54, 1.807) is 30.3 Å². The lowest BCUT2D eigenvalue weighted by molar-refractivity contribution is -0.128. The molecule has 1 aliphatic carbocycles. The molecule has 2 aromatic rings. The molecular weight excluding hydrogens is 362 g/mol. The number of benzene rings is 2. The van der Waals surface area contributed by atoms with Crippen LogP contribution in [-0.2, 0) is 16.0 Å². The quantitative estimate of drug-likeness (QED) is 0.786. The first kappa shape index (κ1) is 20.0. The summed E-state index contributed by atoms with van der Waals surface area (Å²) in [6.45, 7) is 0.382. The molecule has 148 valence electrons. The number of anilines is 1. The molecule has 2 N–H and O–H groups in total. The Balaban J connectivity index is 1.42. The Morgan fingerprint density at radius 3 is 2.04 bits per heavy atom. The number of halogens is 2. The molecular formula is C22H24F2N2O2. The van der Waals surface area contributed by atoms with Crippen molar-refractivity contribution in [2.75, 3.05) is 11.9 Å². The predicted octanol–water partition coefficient (Wildman–Crippen LogP) is 4.07. The lowest BCUT2D eigenvalue weighted by atomic mass is 9.81. The highest BCUT2D eigenvalue weighted by atomic mass is 19.1. The number of carbonyl (C=O) groups is 2. The minimum Gasteiger partial charge on any atom is -0.356 e. The molecule has 2 aromatic carbocycles. The van der Waals surface area contributed by atoms with Gasteiger partial charge in [-0.05, 0) is 55.9 Å². The fourth-order valence-corrected chi connectivity index (χ4v) is 3.58. The van der Waals surface area contributed by atoms with Gasteiger partial charge >= 0.3 is 0 Å². The van der Waals surface area contributed by atoms with E-state index in [2.05, 4.69) is 10.6 Å². The summed E-state index contributed by atoms with van der Waals surface area (Å²) in [7, 11) is 0. The van der Waals surface area contributed by atoms with Crippen molar-refractivity contribution in [3.63, 3.8) is 0 Å². The molecule has 0 heterocycles. The number of para-hydroxylation sites is 1. The van der Waals surface area contributed by atoms with Gasteiger partial charge < -0.3 is 10.6 Å². The monoisotopic (exact) mass is 386 g/mol. The van der Waals surface area contributed by atoms with Crippen LogP contribution in [0.4, 0.5) is 14.5 Å². The van der Waals surface area contributed by atoms with Crippen LogP contribution in [0.2, 0.25) is 0 Å². The molecule has 0 saturated heterocycles. The molecule has 0 atom stereocenters. The highest BCUT2D eigenvalue weighted by Crippen LogP contribution is 2.30. The van der Waals surface area contributed by atoms with Crippen LogP contribution < -0.4 is 10.6 Å². The summed E-state index contributed by atoms with van der Waals surface area (Å²) in [5.41, 5.74) is 0.761. The summed E-state index contributed by atoms with van der Waals surface area (Å²) < 4.78 is 27.3. The van der Waals surface area contributed by atoms with E-state index >= 15 is 0 Å². The van der Waals surface area contributed by atoms with Crippen LogP contribution >= 0.6 is 0 Å². The van der Waals surface area contributed by atoms with Gasteiger partial charge in [0.1, 0.15) is 11.6 Å². The molecule has 1 fully saturated rings. The van der Waals surface area contributed by atoms with Crippen LogP contribution in [0.25, 0.3) is 0 Å². The van der Waals surface area contributed by atoms with E-state index in [9.17, 15) is 18.4 Å². The molecule has 2 amide bonds. The second-order valence-electron chi connectivity index (χ2n) is 7.15. The van der Waals surface area contributed by atoms with E-state index in [1.165, 1.54) is 18.2 Å². The zero-order chi connectivity index (χ0) is 19.9. The normalized spacial score (nSPS) is 19.1. The molecule has 1 aliphatic rings. The third-order valence-electron chi connectivity index (χ3n) is 5.25. The smallest absolute Gasteiger partial charge is 0.227 e. The highest BCUT2D eigenvalue weighted by Gasteiger charge is 2.30. The van der Waals surface area contributed by atoms with Gasteiger partial charge in [-0.2, -0.15) is 0 Å². The van der Waals surface area contributed by atoms with Crippen molar-refractivity contribution in [1.82, 2.24) is 5.32 Å². The second-order valence-corrected chi connectivity index (χ2v) is 7.15. The van der Waals surface area contributed by atoms with Crippen molar-refractivity contribution in [2.24, 2.45) is 11.8 Å². The maximum Gasteiger partial charge on any atom is 0.227 e. The van der Waals surface area contributed by atoms with E-state index in [4.69, 9.17) is 0 Å². The van der Waals surface area contributed by atoms with Gasteiger partial charge in [0.05, 0.1) is 5.69 Å². The van der Waals surface area contributed by atoms with Crippen molar-refractivity contribution in [3.8, 4) is 0 Å². The van der Waals surface area contributed by atoms with Crippen LogP contribution in [0.1, 0.15) is 31.2 Å². The van der Waals surface area contributed by atoms with E-state index in [0.29, 0.717) is 44.2 Å². The molecule has 0 aromatic heterocycles. The zero-order valence-corrected chi connectivity index (χ0v) is 15.6. The Labute approximate surface area is 163 Å². The third kappa shape index (κ3) is 5.15. The largest absolute Gasteiger partial charge is 0.356 e. The standard InChI is InChI=1S/C22H24F2N2O2/c23-18-6-2-1-5-15(18)13-14-25-21(27)16-9-11-17(12-10-16)22(28)26-20-8-4-3-7-19(20)24/h1-8,16-17H,9-14H2,(H,25,27)(H,26,28). The Bertz CT molecular complexity index is 833. The van der Waals surface area contributed by atoms with Crippen LogP contribution in [0.5, 0.6) is 0 Å². The summed E-state index contributed by atoms with van der Waals surface area (Å²) in [4.78, 5) is 24.7. The van der Waals surface area contributed by atoms with E-state index < -0.39 is 5.82 Å². The van der Waals surface area contributed by atoms with E-state index in [1.807, 2.05) is 0 Å². The van der Waals surface area contributed by atoms with Gasteiger partial charge in [-0.1, -0.05) is 30.3 Å². The summed E-state index contributed by atoms with van der Waals surface area (Å²) >= 11 is 0. The average molecular weight is 386 g/mol. The first-order valence-corrected chi connectivity index (χ1v) is 9.61. The van der Waals surface area contributed by atoms with Crippen LogP contribution in [0.15, 0.2) is 48.5 Å². The van der Waals surface area contributed by atoms with E-state index in [0.717, 1.165) is 0 Å². The fourth-order valence-electron chi connectivity index (χ4n) is 3.58. The molecule has 28 heavy (non-hydrogen) atoms. The van der Waals surface area contributed by atoms with E-state index in [-0.39, 0.29) is 35.2 Å². The number of amides is 2. The number of nitrogens with one attached hydrogen (secondary N) is 2. The van der Waals surface area contributed by atoms with Gasteiger partial charge in [-0.3, -0.25) is 9.59 Å². The lowest BCUT2D eigenvalue weighted by Gasteiger charge is -2.27. The summed E-state index contributed by atoms with van der Waals surface area (Å²) in [6, 6.07) is 12.6. The van der Waals surface area contributed by atoms with Gasteiger partial charge in [0, 0.05) is 18.4 Å². The SMILES string of the molecule is O=C(NCCc1ccccc1F)C1CCC(C(=O)Nc2ccccc2F)CC1. The number of rotatable bonds is 6. The minimum atomic E-state index is -0.459. The third-order valence-corrected chi connectivity index (χ3v) is 5.25. The summed E-state index contributed by atoms with van der Waals surface area (Å²) in [5.74, 6) is -1.34. The van der Waals surface area contributed by atoms with Crippen LogP contribution in [0, 0.1) is 23.5 Å². The maximum atomic E-state index is 13.7. The molecule has 0 spiro atoms. The topological polar surface area (TPSA) is 58.2 Å². The van der Waals surface area contributed by atoms with Crippen molar-refractivity contribution in [1.29, 1.82) is 0 Å². The van der Waals surface area contributed by atoms with Crippen molar-refractivity contribution >= 4 is 17.5 Å². The molecule has 6 heteroatoms. The summed E-state index contributed by atoms with van der Waals surface area (Å²) in [6.07, 6.45) is 2.85.